The van der Waals surface area contributed by atoms with Crippen LogP contribution < -0.4 is 5.32 Å². The van der Waals surface area contributed by atoms with Crippen molar-refractivity contribution in [2.24, 2.45) is 0 Å². The molecule has 2 fully saturated rings. The third kappa shape index (κ3) is 3.93. The van der Waals surface area contributed by atoms with Gasteiger partial charge in [-0.2, -0.15) is 0 Å². The van der Waals surface area contributed by atoms with Gasteiger partial charge in [0.05, 0.1) is 6.10 Å². The maximum absolute atomic E-state index is 5.61. The predicted molar refractivity (Wildman–Crippen MR) is 80.5 cm³/mol. The number of likely N-dealkylation sites (tertiary alicyclic amines) is 1. The molecule has 0 aromatic carbocycles. The highest BCUT2D eigenvalue weighted by Crippen LogP contribution is 2.30. The number of rotatable bonds is 5. The standard InChI is InChI=1S/C16H32N2O/c1-4-17-13(2)16-10-5-6-11-18(16)14-8-7-9-15(12-14)19-3/h13-17H,4-12H2,1-3H3. The van der Waals surface area contributed by atoms with Gasteiger partial charge in [-0.1, -0.05) is 13.3 Å². The maximum Gasteiger partial charge on any atom is 0.0586 e. The summed E-state index contributed by atoms with van der Waals surface area (Å²) < 4.78 is 5.61. The molecule has 1 N–H and O–H groups in total. The molecule has 3 heteroatoms. The second-order valence-electron chi connectivity index (χ2n) is 6.33. The van der Waals surface area contributed by atoms with Gasteiger partial charge in [0.25, 0.3) is 0 Å². The first-order valence-corrected chi connectivity index (χ1v) is 8.28. The Kier molecular flexibility index (Phi) is 6.11. The van der Waals surface area contributed by atoms with Crippen LogP contribution in [-0.4, -0.2) is 49.3 Å². The van der Waals surface area contributed by atoms with Crippen molar-refractivity contribution >= 4 is 0 Å². The maximum atomic E-state index is 5.61. The Morgan fingerprint density at radius 2 is 2.05 bits per heavy atom. The Hall–Kier alpha value is -0.120. The van der Waals surface area contributed by atoms with Crippen molar-refractivity contribution in [3.8, 4) is 0 Å². The summed E-state index contributed by atoms with van der Waals surface area (Å²) in [7, 11) is 1.88. The molecule has 19 heavy (non-hydrogen) atoms. The molecule has 1 saturated heterocycles. The lowest BCUT2D eigenvalue weighted by molar-refractivity contribution is -0.00284. The molecule has 4 unspecified atom stereocenters. The smallest absolute Gasteiger partial charge is 0.0586 e. The topological polar surface area (TPSA) is 24.5 Å². The van der Waals surface area contributed by atoms with Crippen LogP contribution in [0.15, 0.2) is 0 Å². The number of ether oxygens (including phenoxy) is 1. The van der Waals surface area contributed by atoms with Gasteiger partial charge in [-0.15, -0.1) is 0 Å². The van der Waals surface area contributed by atoms with Gasteiger partial charge in [-0.3, -0.25) is 4.90 Å². The van der Waals surface area contributed by atoms with Crippen LogP contribution in [0.25, 0.3) is 0 Å². The molecule has 112 valence electrons. The van der Waals surface area contributed by atoms with Gasteiger partial charge < -0.3 is 10.1 Å². The van der Waals surface area contributed by atoms with Crippen LogP contribution in [-0.2, 0) is 4.74 Å². The van der Waals surface area contributed by atoms with Crippen LogP contribution in [0.5, 0.6) is 0 Å². The fourth-order valence-corrected chi connectivity index (χ4v) is 4.06. The molecule has 0 aromatic rings. The third-order valence-electron chi connectivity index (χ3n) is 5.10. The monoisotopic (exact) mass is 268 g/mol. The van der Waals surface area contributed by atoms with Crippen LogP contribution in [0.4, 0.5) is 0 Å². The second-order valence-corrected chi connectivity index (χ2v) is 6.33. The lowest BCUT2D eigenvalue weighted by Crippen LogP contribution is -2.55. The number of methoxy groups -OCH3 is 1. The van der Waals surface area contributed by atoms with Crippen molar-refractivity contribution in [2.75, 3.05) is 20.2 Å². The summed E-state index contributed by atoms with van der Waals surface area (Å²) in [4.78, 5) is 2.81. The fraction of sp³-hybridized carbons (Fsp3) is 1.00. The highest BCUT2D eigenvalue weighted by atomic mass is 16.5. The predicted octanol–water partition coefficient (Wildman–Crippen LogP) is 2.80. The Morgan fingerprint density at radius 3 is 2.79 bits per heavy atom. The zero-order chi connectivity index (χ0) is 13.7. The lowest BCUT2D eigenvalue weighted by Gasteiger charge is -2.46. The average Bonchev–Trinajstić information content (AvgIpc) is 2.47. The zero-order valence-corrected chi connectivity index (χ0v) is 13.0. The van der Waals surface area contributed by atoms with Crippen molar-refractivity contribution in [3.63, 3.8) is 0 Å². The Morgan fingerprint density at radius 1 is 1.21 bits per heavy atom. The quantitative estimate of drug-likeness (QED) is 0.830. The van der Waals surface area contributed by atoms with Crippen LogP contribution in [0, 0.1) is 0 Å². The van der Waals surface area contributed by atoms with E-state index in [1.807, 2.05) is 7.11 Å². The summed E-state index contributed by atoms with van der Waals surface area (Å²) in [5.74, 6) is 0. The van der Waals surface area contributed by atoms with Crippen LogP contribution in [0.1, 0.15) is 58.8 Å². The first-order chi connectivity index (χ1) is 9.26. The summed E-state index contributed by atoms with van der Waals surface area (Å²) in [5, 5.41) is 3.64. The molecule has 4 atom stereocenters. The molecular formula is C16H32N2O. The minimum absolute atomic E-state index is 0.496. The third-order valence-corrected chi connectivity index (χ3v) is 5.10. The number of nitrogens with one attached hydrogen (secondary N) is 1. The van der Waals surface area contributed by atoms with Gasteiger partial charge in [0.2, 0.25) is 0 Å². The van der Waals surface area contributed by atoms with E-state index in [9.17, 15) is 0 Å². The van der Waals surface area contributed by atoms with Crippen LogP contribution in [0.2, 0.25) is 0 Å². The SMILES string of the molecule is CCNC(C)C1CCCCN1C1CCCC(OC)C1. The summed E-state index contributed by atoms with van der Waals surface area (Å²) in [6.07, 6.45) is 9.84. The molecule has 0 bridgehead atoms. The van der Waals surface area contributed by atoms with E-state index in [0.717, 1.165) is 18.6 Å². The van der Waals surface area contributed by atoms with Crippen LogP contribution >= 0.6 is 0 Å². The molecule has 3 nitrogen and oxygen atoms in total. The van der Waals surface area contributed by atoms with E-state index in [2.05, 4.69) is 24.1 Å². The Labute approximate surface area is 119 Å². The van der Waals surface area contributed by atoms with Gasteiger partial charge in [-0.25, -0.2) is 0 Å². The molecule has 1 saturated carbocycles. The first-order valence-electron chi connectivity index (χ1n) is 8.28. The summed E-state index contributed by atoms with van der Waals surface area (Å²) in [6.45, 7) is 6.95. The van der Waals surface area contributed by atoms with Crippen molar-refractivity contribution in [1.29, 1.82) is 0 Å². The number of hydrogen-bond acceptors (Lipinski definition) is 3. The van der Waals surface area contributed by atoms with Gasteiger partial charge in [0.15, 0.2) is 0 Å². The van der Waals surface area contributed by atoms with Crippen molar-refractivity contribution in [3.05, 3.63) is 0 Å². The molecule has 2 rings (SSSR count). The molecule has 0 aromatic heterocycles. The summed E-state index contributed by atoms with van der Waals surface area (Å²) in [6, 6.07) is 2.10. The van der Waals surface area contributed by atoms with Crippen molar-refractivity contribution in [2.45, 2.75) is 83.0 Å². The first kappa shape index (κ1) is 15.3. The molecule has 1 heterocycles. The molecule has 0 spiro atoms. The Bertz CT molecular complexity index is 259. The second kappa shape index (κ2) is 7.61. The molecule has 0 radical (unpaired) electrons. The number of hydrogen-bond donors (Lipinski definition) is 1. The van der Waals surface area contributed by atoms with E-state index in [-0.39, 0.29) is 0 Å². The molecule has 1 aliphatic heterocycles. The minimum atomic E-state index is 0.496. The van der Waals surface area contributed by atoms with E-state index in [1.54, 1.807) is 0 Å². The van der Waals surface area contributed by atoms with E-state index >= 15 is 0 Å². The van der Waals surface area contributed by atoms with E-state index in [0.29, 0.717) is 12.1 Å². The van der Waals surface area contributed by atoms with Gasteiger partial charge >= 0.3 is 0 Å². The van der Waals surface area contributed by atoms with Crippen LogP contribution in [0.3, 0.4) is 0 Å². The number of likely N-dealkylation sites (N-methyl/N-ethyl adjacent to an activating group) is 1. The van der Waals surface area contributed by atoms with Crippen molar-refractivity contribution in [1.82, 2.24) is 10.2 Å². The van der Waals surface area contributed by atoms with Gasteiger partial charge in [-0.05, 0) is 58.5 Å². The number of nitrogens with zero attached hydrogens (tertiary/aromatic N) is 1. The minimum Gasteiger partial charge on any atom is -0.381 e. The summed E-state index contributed by atoms with van der Waals surface area (Å²) >= 11 is 0. The molecule has 0 amide bonds. The zero-order valence-electron chi connectivity index (χ0n) is 13.0. The fourth-order valence-electron chi connectivity index (χ4n) is 4.06. The summed E-state index contributed by atoms with van der Waals surface area (Å²) in [5.41, 5.74) is 0. The lowest BCUT2D eigenvalue weighted by atomic mass is 9.87. The van der Waals surface area contributed by atoms with E-state index in [4.69, 9.17) is 4.74 Å². The highest BCUT2D eigenvalue weighted by Gasteiger charge is 2.34. The van der Waals surface area contributed by atoms with Gasteiger partial charge in [0, 0.05) is 25.2 Å². The Balaban J connectivity index is 1.97. The van der Waals surface area contributed by atoms with E-state index in [1.165, 1.54) is 51.5 Å². The van der Waals surface area contributed by atoms with E-state index < -0.39 is 0 Å². The normalized spacial score (nSPS) is 35.2. The average molecular weight is 268 g/mol. The molecule has 2 aliphatic rings. The van der Waals surface area contributed by atoms with Crippen molar-refractivity contribution < 1.29 is 4.74 Å². The highest BCUT2D eigenvalue weighted by molar-refractivity contribution is 4.91. The number of piperidine rings is 1. The molecule has 1 aliphatic carbocycles. The molecular weight excluding hydrogens is 236 g/mol. The van der Waals surface area contributed by atoms with Gasteiger partial charge in [0.1, 0.15) is 0 Å². The largest absolute Gasteiger partial charge is 0.381 e.